The number of benzene rings is 1. The topological polar surface area (TPSA) is 20.3 Å². The van der Waals surface area contributed by atoms with E-state index in [0.717, 1.165) is 18.7 Å². The zero-order valence-electron chi connectivity index (χ0n) is 17.3. The van der Waals surface area contributed by atoms with Gasteiger partial charge in [0.1, 0.15) is 0 Å². The normalized spacial score (nSPS) is 11.2. The molecule has 0 aliphatic heterocycles. The summed E-state index contributed by atoms with van der Waals surface area (Å²) >= 11 is 0. The lowest BCUT2D eigenvalue weighted by Crippen LogP contribution is -2.32. The Bertz CT molecular complexity index is 427. The molecular formula is C24H41NO. The molecule has 26 heavy (non-hydrogen) atoms. The molecule has 0 unspecified atom stereocenters. The fraction of sp³-hybridized carbons (Fsp3) is 0.708. The summed E-state index contributed by atoms with van der Waals surface area (Å²) in [6, 6.07) is 9.77. The lowest BCUT2D eigenvalue weighted by molar-refractivity contribution is 0.0927. The second-order valence-electron chi connectivity index (χ2n) is 7.60. The lowest BCUT2D eigenvalue weighted by Gasteiger charge is -2.21. The lowest BCUT2D eigenvalue weighted by atomic mass is 10.1. The van der Waals surface area contributed by atoms with Crippen molar-refractivity contribution in [1.82, 2.24) is 4.90 Å². The quantitative estimate of drug-likeness (QED) is 0.223. The van der Waals surface area contributed by atoms with Gasteiger partial charge in [0.15, 0.2) is 5.78 Å². The first-order valence-corrected chi connectivity index (χ1v) is 11.1. The number of Topliss-reactive ketones (excluding diaryl/α,β-unsaturated/α-hetero) is 1. The van der Waals surface area contributed by atoms with Crippen molar-refractivity contribution in [2.75, 3.05) is 19.6 Å². The highest BCUT2D eigenvalue weighted by Gasteiger charge is 2.12. The number of nitrogens with zero attached hydrogens (tertiary/aromatic N) is 1. The van der Waals surface area contributed by atoms with Gasteiger partial charge in [0.05, 0.1) is 6.54 Å². The molecule has 0 amide bonds. The van der Waals surface area contributed by atoms with E-state index in [1.165, 1.54) is 77.0 Å². The summed E-state index contributed by atoms with van der Waals surface area (Å²) in [5.74, 6) is 0.266. The summed E-state index contributed by atoms with van der Waals surface area (Å²) < 4.78 is 0. The average molecular weight is 360 g/mol. The van der Waals surface area contributed by atoms with Crippen molar-refractivity contribution in [2.24, 2.45) is 0 Å². The fourth-order valence-electron chi connectivity index (χ4n) is 3.42. The molecule has 1 aromatic carbocycles. The van der Waals surface area contributed by atoms with Crippen LogP contribution in [0, 0.1) is 0 Å². The van der Waals surface area contributed by atoms with Crippen molar-refractivity contribution < 1.29 is 4.79 Å². The van der Waals surface area contributed by atoms with Gasteiger partial charge < -0.3 is 0 Å². The maximum absolute atomic E-state index is 12.6. The Kier molecular flexibility index (Phi) is 14.1. The zero-order valence-corrected chi connectivity index (χ0v) is 17.3. The fourth-order valence-corrected chi connectivity index (χ4v) is 3.42. The Labute approximate surface area is 162 Å². The highest BCUT2D eigenvalue weighted by atomic mass is 16.1. The molecule has 0 fully saturated rings. The molecule has 2 heteroatoms. The summed E-state index contributed by atoms with van der Waals surface area (Å²) in [6.45, 7) is 7.24. The predicted octanol–water partition coefficient (Wildman–Crippen LogP) is 6.89. The summed E-state index contributed by atoms with van der Waals surface area (Å²) in [7, 11) is 0. The van der Waals surface area contributed by atoms with E-state index < -0.39 is 0 Å². The molecule has 0 saturated carbocycles. The maximum atomic E-state index is 12.6. The first kappa shape index (κ1) is 22.9. The SMILES string of the molecule is CCCCCCCCN(CCCCCCCC)CC(=O)c1ccccc1. The molecule has 0 heterocycles. The first-order valence-electron chi connectivity index (χ1n) is 11.1. The summed E-state index contributed by atoms with van der Waals surface area (Å²) in [4.78, 5) is 15.0. The van der Waals surface area contributed by atoms with Crippen LogP contribution < -0.4 is 0 Å². The summed E-state index contributed by atoms with van der Waals surface area (Å²) in [6.07, 6.45) is 15.8. The number of ketones is 1. The largest absolute Gasteiger partial charge is 0.296 e. The molecule has 1 rings (SSSR count). The van der Waals surface area contributed by atoms with E-state index in [1.54, 1.807) is 0 Å². The Morgan fingerprint density at radius 1 is 0.692 bits per heavy atom. The molecule has 0 radical (unpaired) electrons. The highest BCUT2D eigenvalue weighted by Crippen LogP contribution is 2.10. The van der Waals surface area contributed by atoms with E-state index in [4.69, 9.17) is 0 Å². The van der Waals surface area contributed by atoms with Crippen molar-refractivity contribution in [3.05, 3.63) is 35.9 Å². The van der Waals surface area contributed by atoms with Crippen LogP contribution in [0.15, 0.2) is 30.3 Å². The van der Waals surface area contributed by atoms with E-state index >= 15 is 0 Å². The van der Waals surface area contributed by atoms with Gasteiger partial charge in [-0.3, -0.25) is 9.69 Å². The summed E-state index contributed by atoms with van der Waals surface area (Å²) in [5, 5.41) is 0. The van der Waals surface area contributed by atoms with Gasteiger partial charge in [-0.1, -0.05) is 108 Å². The third-order valence-corrected chi connectivity index (χ3v) is 5.12. The van der Waals surface area contributed by atoms with Gasteiger partial charge in [0.25, 0.3) is 0 Å². The maximum Gasteiger partial charge on any atom is 0.176 e. The van der Waals surface area contributed by atoms with Gasteiger partial charge in [0, 0.05) is 5.56 Å². The third kappa shape index (κ3) is 11.5. The molecular weight excluding hydrogens is 318 g/mol. The van der Waals surface area contributed by atoms with Crippen LogP contribution in [-0.4, -0.2) is 30.3 Å². The van der Waals surface area contributed by atoms with Gasteiger partial charge in [-0.05, 0) is 25.9 Å². The van der Waals surface area contributed by atoms with Crippen LogP contribution in [0.1, 0.15) is 101 Å². The van der Waals surface area contributed by atoms with Crippen LogP contribution in [0.3, 0.4) is 0 Å². The van der Waals surface area contributed by atoms with Crippen LogP contribution in [0.4, 0.5) is 0 Å². The monoisotopic (exact) mass is 359 g/mol. The van der Waals surface area contributed by atoms with Crippen molar-refractivity contribution in [2.45, 2.75) is 90.9 Å². The number of hydrogen-bond acceptors (Lipinski definition) is 2. The number of hydrogen-bond donors (Lipinski definition) is 0. The van der Waals surface area contributed by atoms with Crippen molar-refractivity contribution in [1.29, 1.82) is 0 Å². The highest BCUT2D eigenvalue weighted by molar-refractivity contribution is 5.97. The molecule has 1 aromatic rings. The predicted molar refractivity (Wildman–Crippen MR) is 114 cm³/mol. The number of unbranched alkanes of at least 4 members (excludes halogenated alkanes) is 10. The van der Waals surface area contributed by atoms with Crippen LogP contribution in [0.5, 0.6) is 0 Å². The second-order valence-corrected chi connectivity index (χ2v) is 7.60. The van der Waals surface area contributed by atoms with Gasteiger partial charge in [0.2, 0.25) is 0 Å². The first-order chi connectivity index (χ1) is 12.8. The minimum atomic E-state index is 0.266. The van der Waals surface area contributed by atoms with Crippen LogP contribution in [-0.2, 0) is 0 Å². The third-order valence-electron chi connectivity index (χ3n) is 5.12. The van der Waals surface area contributed by atoms with Gasteiger partial charge in [-0.25, -0.2) is 0 Å². The summed E-state index contributed by atoms with van der Waals surface area (Å²) in [5.41, 5.74) is 0.850. The number of carbonyl (C=O) groups is 1. The smallest absolute Gasteiger partial charge is 0.176 e. The van der Waals surface area contributed by atoms with Crippen molar-refractivity contribution >= 4 is 5.78 Å². The molecule has 0 aromatic heterocycles. The van der Waals surface area contributed by atoms with Crippen molar-refractivity contribution in [3.8, 4) is 0 Å². The van der Waals surface area contributed by atoms with E-state index in [2.05, 4.69) is 18.7 Å². The molecule has 148 valence electrons. The molecule has 0 aliphatic rings. The van der Waals surface area contributed by atoms with Crippen LogP contribution in [0.2, 0.25) is 0 Å². The molecule has 0 aliphatic carbocycles. The van der Waals surface area contributed by atoms with E-state index in [-0.39, 0.29) is 5.78 Å². The Balaban J connectivity index is 2.35. The molecule has 2 nitrogen and oxygen atoms in total. The Hall–Kier alpha value is -1.15. The van der Waals surface area contributed by atoms with Gasteiger partial charge >= 0.3 is 0 Å². The second kappa shape index (κ2) is 16.1. The van der Waals surface area contributed by atoms with Crippen molar-refractivity contribution in [3.63, 3.8) is 0 Å². The van der Waals surface area contributed by atoms with E-state index in [9.17, 15) is 4.79 Å². The molecule has 0 saturated heterocycles. The minimum Gasteiger partial charge on any atom is -0.296 e. The standard InChI is InChI=1S/C24H41NO/c1-3-5-7-9-11-16-20-25(21-17-12-10-8-6-4-2)22-24(26)23-18-14-13-15-19-23/h13-15,18-19H,3-12,16-17,20-22H2,1-2H3. The van der Waals surface area contributed by atoms with Crippen LogP contribution in [0.25, 0.3) is 0 Å². The molecule has 0 atom stereocenters. The molecule has 0 spiro atoms. The minimum absolute atomic E-state index is 0.266. The van der Waals surface area contributed by atoms with E-state index in [1.807, 2.05) is 30.3 Å². The number of rotatable bonds is 17. The Morgan fingerprint density at radius 2 is 1.15 bits per heavy atom. The molecule has 0 N–H and O–H groups in total. The van der Waals surface area contributed by atoms with Gasteiger partial charge in [-0.2, -0.15) is 0 Å². The van der Waals surface area contributed by atoms with Gasteiger partial charge in [-0.15, -0.1) is 0 Å². The molecule has 0 bridgehead atoms. The zero-order chi connectivity index (χ0) is 18.9. The number of carbonyl (C=O) groups excluding carboxylic acids is 1. The van der Waals surface area contributed by atoms with Crippen LogP contribution >= 0.6 is 0 Å². The average Bonchev–Trinajstić information content (AvgIpc) is 2.67. The Morgan fingerprint density at radius 3 is 1.65 bits per heavy atom. The van der Waals surface area contributed by atoms with E-state index in [0.29, 0.717) is 6.54 Å².